The molecule has 34 heavy (non-hydrogen) atoms. The van der Waals surface area contributed by atoms with Gasteiger partial charge in [0.05, 0.1) is 13.7 Å². The molecule has 1 N–H and O–H groups in total. The molecule has 184 valence electrons. The van der Waals surface area contributed by atoms with Gasteiger partial charge in [-0.1, -0.05) is 36.4 Å². The molecule has 0 radical (unpaired) electrons. The van der Waals surface area contributed by atoms with Crippen LogP contribution in [0.3, 0.4) is 0 Å². The van der Waals surface area contributed by atoms with Gasteiger partial charge in [-0.15, -0.1) is 0 Å². The Labute approximate surface area is 206 Å². The van der Waals surface area contributed by atoms with Gasteiger partial charge >= 0.3 is 5.97 Å². The third kappa shape index (κ3) is 7.55. The maximum Gasteiger partial charge on any atom is 0.359 e. The molecule has 1 saturated heterocycles. The Balaban J connectivity index is 1.67. The molecule has 2 heterocycles. The first-order chi connectivity index (χ1) is 16.6. The fourth-order valence-electron chi connectivity index (χ4n) is 4.24. The van der Waals surface area contributed by atoms with E-state index in [2.05, 4.69) is 21.3 Å². The molecule has 1 aromatic carbocycles. The summed E-state index contributed by atoms with van der Waals surface area (Å²) < 4.78 is 11.4. The SMILES string of the molecule is COC(=O)[C@@](CCSC)(NC(=O)CCc1ccccc1)OC[C@@H]1CCCN1Cc1cccnc1. The van der Waals surface area contributed by atoms with E-state index in [0.717, 1.165) is 37.1 Å². The van der Waals surface area contributed by atoms with E-state index in [1.54, 1.807) is 18.0 Å². The van der Waals surface area contributed by atoms with E-state index in [1.807, 2.05) is 48.9 Å². The number of ether oxygens (including phenoxy) is 2. The number of nitrogens with one attached hydrogen (secondary N) is 1. The second-order valence-corrected chi connectivity index (χ2v) is 9.52. The van der Waals surface area contributed by atoms with Crippen LogP contribution in [0.15, 0.2) is 54.9 Å². The molecular weight excluding hydrogens is 450 g/mol. The topological polar surface area (TPSA) is 80.8 Å². The molecule has 1 amide bonds. The summed E-state index contributed by atoms with van der Waals surface area (Å²) >= 11 is 1.60. The lowest BCUT2D eigenvalue weighted by atomic mass is 10.1. The number of benzene rings is 1. The molecule has 3 rings (SSSR count). The predicted molar refractivity (Wildman–Crippen MR) is 134 cm³/mol. The lowest BCUT2D eigenvalue weighted by molar-refractivity contribution is -0.180. The van der Waals surface area contributed by atoms with E-state index in [-0.39, 0.29) is 18.4 Å². The number of rotatable bonds is 13. The van der Waals surface area contributed by atoms with Crippen LogP contribution in [0.4, 0.5) is 0 Å². The van der Waals surface area contributed by atoms with Gasteiger partial charge in [0, 0.05) is 37.8 Å². The molecule has 2 atom stereocenters. The third-order valence-corrected chi connectivity index (χ3v) is 6.74. The van der Waals surface area contributed by atoms with E-state index in [9.17, 15) is 9.59 Å². The highest BCUT2D eigenvalue weighted by atomic mass is 32.2. The number of nitrogens with zero attached hydrogens (tertiary/aromatic N) is 2. The number of methoxy groups -OCH3 is 1. The lowest BCUT2D eigenvalue weighted by Gasteiger charge is -2.34. The average molecular weight is 486 g/mol. The van der Waals surface area contributed by atoms with Crippen LogP contribution >= 0.6 is 11.8 Å². The number of amides is 1. The van der Waals surface area contributed by atoms with Crippen LogP contribution in [0, 0.1) is 0 Å². The normalized spacial score (nSPS) is 17.8. The minimum Gasteiger partial charge on any atom is -0.465 e. The smallest absolute Gasteiger partial charge is 0.359 e. The monoisotopic (exact) mass is 485 g/mol. The molecular formula is C26H35N3O4S. The van der Waals surface area contributed by atoms with Crippen molar-refractivity contribution in [2.24, 2.45) is 0 Å². The van der Waals surface area contributed by atoms with Gasteiger partial charge in [-0.25, -0.2) is 4.79 Å². The maximum absolute atomic E-state index is 12.9. The molecule has 1 aliphatic heterocycles. The fraction of sp³-hybridized carbons (Fsp3) is 0.500. The van der Waals surface area contributed by atoms with Crippen LogP contribution in [-0.4, -0.2) is 65.8 Å². The van der Waals surface area contributed by atoms with Crippen molar-refractivity contribution in [3.63, 3.8) is 0 Å². The van der Waals surface area contributed by atoms with Gasteiger partial charge < -0.3 is 14.8 Å². The molecule has 0 aliphatic carbocycles. The Kier molecular flexibility index (Phi) is 10.4. The van der Waals surface area contributed by atoms with Gasteiger partial charge in [-0.2, -0.15) is 11.8 Å². The van der Waals surface area contributed by atoms with Crippen LogP contribution in [0.2, 0.25) is 0 Å². The zero-order valence-electron chi connectivity index (χ0n) is 20.1. The van der Waals surface area contributed by atoms with E-state index in [4.69, 9.17) is 9.47 Å². The number of aromatic nitrogens is 1. The van der Waals surface area contributed by atoms with Gasteiger partial charge in [-0.3, -0.25) is 14.7 Å². The van der Waals surface area contributed by atoms with Crippen molar-refractivity contribution in [1.29, 1.82) is 0 Å². The van der Waals surface area contributed by atoms with E-state index >= 15 is 0 Å². The standard InChI is InChI=1S/C26H35N3O4S/c1-32-25(31)26(14-17-34-2,28-24(30)13-12-21-8-4-3-5-9-21)33-20-23-11-7-16-29(23)19-22-10-6-15-27-18-22/h3-6,8-10,15,18,23H,7,11-14,16-17,19-20H2,1-2H3,(H,28,30)/t23-,26-/m0/s1. The van der Waals surface area contributed by atoms with Crippen molar-refractivity contribution in [2.75, 3.05) is 32.3 Å². The summed E-state index contributed by atoms with van der Waals surface area (Å²) in [5.74, 6) is -0.140. The van der Waals surface area contributed by atoms with Crippen molar-refractivity contribution in [1.82, 2.24) is 15.2 Å². The summed E-state index contributed by atoms with van der Waals surface area (Å²) in [4.78, 5) is 32.4. The molecule has 1 aromatic heterocycles. The van der Waals surface area contributed by atoms with Crippen molar-refractivity contribution in [3.8, 4) is 0 Å². The zero-order valence-corrected chi connectivity index (χ0v) is 20.9. The molecule has 7 nitrogen and oxygen atoms in total. The first kappa shape index (κ1) is 26.2. The third-order valence-electron chi connectivity index (χ3n) is 6.13. The van der Waals surface area contributed by atoms with Gasteiger partial charge in [0.25, 0.3) is 0 Å². The summed E-state index contributed by atoms with van der Waals surface area (Å²) in [7, 11) is 1.33. The summed E-state index contributed by atoms with van der Waals surface area (Å²) in [6, 6.07) is 14.0. The van der Waals surface area contributed by atoms with Crippen LogP contribution in [-0.2, 0) is 32.0 Å². The molecule has 1 fully saturated rings. The predicted octanol–water partition coefficient (Wildman–Crippen LogP) is 3.43. The van der Waals surface area contributed by atoms with Crippen LogP contribution < -0.4 is 5.32 Å². The Hall–Kier alpha value is -2.42. The number of hydrogen-bond donors (Lipinski definition) is 1. The second-order valence-electron chi connectivity index (χ2n) is 8.53. The minimum absolute atomic E-state index is 0.153. The van der Waals surface area contributed by atoms with Crippen LogP contribution in [0.1, 0.15) is 36.8 Å². The van der Waals surface area contributed by atoms with Crippen molar-refractivity contribution < 1.29 is 19.1 Å². The number of hydrogen-bond acceptors (Lipinski definition) is 7. The van der Waals surface area contributed by atoms with Gasteiger partial charge in [-0.05, 0) is 55.0 Å². The summed E-state index contributed by atoms with van der Waals surface area (Å²) in [6.07, 6.45) is 8.84. The summed E-state index contributed by atoms with van der Waals surface area (Å²) in [5.41, 5.74) is 0.724. The minimum atomic E-state index is -1.49. The molecule has 8 heteroatoms. The largest absolute Gasteiger partial charge is 0.465 e. The van der Waals surface area contributed by atoms with Crippen molar-refractivity contribution in [2.45, 2.75) is 50.4 Å². The molecule has 0 saturated carbocycles. The van der Waals surface area contributed by atoms with Gasteiger partial charge in [0.15, 0.2) is 0 Å². The molecule has 1 aliphatic rings. The van der Waals surface area contributed by atoms with E-state index in [0.29, 0.717) is 25.2 Å². The number of likely N-dealkylation sites (tertiary alicyclic amines) is 1. The quantitative estimate of drug-likeness (QED) is 0.344. The summed E-state index contributed by atoms with van der Waals surface area (Å²) in [5, 5.41) is 2.90. The molecule has 0 unspecified atom stereocenters. The molecule has 0 spiro atoms. The zero-order chi connectivity index (χ0) is 24.2. The van der Waals surface area contributed by atoms with Gasteiger partial charge in [0.2, 0.25) is 11.6 Å². The van der Waals surface area contributed by atoms with Crippen LogP contribution in [0.5, 0.6) is 0 Å². The lowest BCUT2D eigenvalue weighted by Crippen LogP contribution is -2.58. The van der Waals surface area contributed by atoms with Crippen LogP contribution in [0.25, 0.3) is 0 Å². The highest BCUT2D eigenvalue weighted by molar-refractivity contribution is 7.98. The summed E-state index contributed by atoms with van der Waals surface area (Å²) in [6.45, 7) is 2.08. The Bertz CT molecular complexity index is 899. The van der Waals surface area contributed by atoms with Gasteiger partial charge in [0.1, 0.15) is 0 Å². The van der Waals surface area contributed by atoms with Crippen molar-refractivity contribution in [3.05, 3.63) is 66.0 Å². The second kappa shape index (κ2) is 13.5. The van der Waals surface area contributed by atoms with E-state index in [1.165, 1.54) is 7.11 Å². The number of carbonyl (C=O) groups excluding carboxylic acids is 2. The molecule has 2 aromatic rings. The number of carbonyl (C=O) groups is 2. The highest BCUT2D eigenvalue weighted by Crippen LogP contribution is 2.24. The van der Waals surface area contributed by atoms with E-state index < -0.39 is 11.7 Å². The Morgan fingerprint density at radius 1 is 1.21 bits per heavy atom. The Morgan fingerprint density at radius 3 is 2.71 bits per heavy atom. The maximum atomic E-state index is 12.9. The Morgan fingerprint density at radius 2 is 2.00 bits per heavy atom. The molecule has 0 bridgehead atoms. The fourth-order valence-corrected chi connectivity index (χ4v) is 4.73. The first-order valence-electron chi connectivity index (χ1n) is 11.8. The van der Waals surface area contributed by atoms with Crippen molar-refractivity contribution >= 4 is 23.6 Å². The average Bonchev–Trinajstić information content (AvgIpc) is 3.32. The first-order valence-corrected chi connectivity index (χ1v) is 13.1. The highest BCUT2D eigenvalue weighted by Gasteiger charge is 2.43. The number of thioether (sulfide) groups is 1. The number of pyridine rings is 1. The number of aryl methyl sites for hydroxylation is 1. The number of esters is 1.